The summed E-state index contributed by atoms with van der Waals surface area (Å²) in [5.74, 6) is 0. The van der Waals surface area contributed by atoms with Crippen molar-refractivity contribution in [3.63, 3.8) is 0 Å². The van der Waals surface area contributed by atoms with Crippen LogP contribution in [-0.4, -0.2) is 66.1 Å². The third-order valence-electron chi connectivity index (χ3n) is 4.25. The van der Waals surface area contributed by atoms with Crippen molar-refractivity contribution in [2.75, 3.05) is 0 Å². The van der Waals surface area contributed by atoms with E-state index in [0.29, 0.717) is 12.8 Å². The van der Waals surface area contributed by atoms with Crippen LogP contribution >= 0.6 is 23.5 Å². The summed E-state index contributed by atoms with van der Waals surface area (Å²) >= 11 is 0. The Balaban J connectivity index is -0.00000280. The summed E-state index contributed by atoms with van der Waals surface area (Å²) in [5, 5.41) is 30.9. The van der Waals surface area contributed by atoms with E-state index in [9.17, 15) is 43.7 Å². The second-order valence-electron chi connectivity index (χ2n) is 6.43. The first-order valence-corrected chi connectivity index (χ1v) is 12.7. The number of hydrogen-bond acceptors (Lipinski definition) is 12. The molecular weight excluding hydrogens is 534 g/mol. The third-order valence-corrected chi connectivity index (χ3v) is 5.82. The molecule has 0 bridgehead atoms. The third kappa shape index (κ3) is 12.2. The van der Waals surface area contributed by atoms with Gasteiger partial charge in [-0.2, -0.15) is 0 Å². The molecule has 9 atom stereocenters. The molecule has 0 radical (unpaired) electrons. The van der Waals surface area contributed by atoms with Crippen molar-refractivity contribution in [1.29, 1.82) is 0 Å². The van der Waals surface area contributed by atoms with Crippen LogP contribution < -0.4 is 103 Å². The van der Waals surface area contributed by atoms with Gasteiger partial charge in [-0.25, -0.2) is 0 Å². The number of unbranched alkanes of at least 4 members (excludes halogenated alkanes) is 2. The van der Waals surface area contributed by atoms with Crippen LogP contribution in [0.4, 0.5) is 0 Å². The zero-order valence-electron chi connectivity index (χ0n) is 17.9. The van der Waals surface area contributed by atoms with E-state index in [1.165, 1.54) is 0 Å². The molecule has 1 aliphatic carbocycles. The van der Waals surface area contributed by atoms with Crippen molar-refractivity contribution in [1.82, 2.24) is 0 Å². The second kappa shape index (κ2) is 15.6. The minimum atomic E-state index is -5.80. The van der Waals surface area contributed by atoms with Gasteiger partial charge in [-0.15, -0.1) is 0 Å². The average Bonchev–Trinajstić information content (AvgIpc) is 2.51. The van der Waals surface area contributed by atoms with Crippen LogP contribution in [0.25, 0.3) is 0 Å². The Morgan fingerprint density at radius 2 is 1.28 bits per heavy atom. The predicted octanol–water partition coefficient (Wildman–Crippen LogP) is -12.4. The van der Waals surface area contributed by atoms with Crippen molar-refractivity contribution >= 4 is 23.5 Å². The second-order valence-corrected chi connectivity index (χ2v) is 9.85. The van der Waals surface area contributed by atoms with Gasteiger partial charge in [0.25, 0.3) is 23.5 Å². The fraction of sp³-hybridized carbons (Fsp3) is 1.00. The molecule has 1 aliphatic rings. The van der Waals surface area contributed by atoms with Crippen molar-refractivity contribution < 1.29 is 161 Å². The molecule has 1 rings (SSSR count). The Morgan fingerprint density at radius 3 is 1.66 bits per heavy atom. The number of aliphatic hydroxyl groups is 3. The molecule has 0 aliphatic heterocycles. The first-order valence-electron chi connectivity index (χ1n) is 8.16. The van der Waals surface area contributed by atoms with Gasteiger partial charge in [-0.3, -0.25) is 13.7 Å². The topological polar surface area (TPSA) is 269 Å². The molecule has 174 valence electrons. The molecule has 0 heterocycles. The molecule has 0 spiro atoms. The van der Waals surface area contributed by atoms with Crippen LogP contribution in [-0.2, 0) is 27.3 Å². The molecule has 3 unspecified atom stereocenters. The van der Waals surface area contributed by atoms with Crippen LogP contribution in [0.2, 0.25) is 0 Å². The van der Waals surface area contributed by atoms with Crippen LogP contribution in [0.5, 0.6) is 0 Å². The van der Waals surface area contributed by atoms with E-state index >= 15 is 0 Å². The Labute approximate surface area is 250 Å². The van der Waals surface area contributed by atoms with Gasteiger partial charge in [0.2, 0.25) is 0 Å². The minimum Gasteiger partial charge on any atom is -0.756 e. The van der Waals surface area contributed by atoms with Crippen LogP contribution in [0.15, 0.2) is 0 Å². The van der Waals surface area contributed by atoms with E-state index in [1.54, 1.807) is 6.92 Å². The Kier molecular flexibility index (Phi) is 19.3. The number of phosphoric ester groups is 3. The molecule has 0 aromatic heterocycles. The van der Waals surface area contributed by atoms with Crippen molar-refractivity contribution in [3.8, 4) is 0 Å². The summed E-state index contributed by atoms with van der Waals surface area (Å²) in [7, 11) is -17.3. The van der Waals surface area contributed by atoms with E-state index in [4.69, 9.17) is 14.7 Å². The zero-order valence-corrected chi connectivity index (χ0v) is 26.6. The first kappa shape index (κ1) is 39.7. The van der Waals surface area contributed by atoms with E-state index in [1.807, 2.05) is 0 Å². The summed E-state index contributed by atoms with van der Waals surface area (Å²) in [6, 6.07) is 0. The van der Waals surface area contributed by atoms with Crippen LogP contribution in [0.3, 0.4) is 0 Å². The van der Waals surface area contributed by atoms with Gasteiger partial charge in [0.1, 0.15) is 36.1 Å². The monoisotopic (exact) mass is 556 g/mol. The summed E-state index contributed by atoms with van der Waals surface area (Å²) in [6.07, 6.45) is -12.5. The first-order chi connectivity index (χ1) is 12.9. The standard InChI is InChI=1S/C11H25O15P3.3Na/c1-2-3-4-5-11(26-29(21,22)23)9(14)6(12)8(24-27(15,16)17)7(13)10(11)25-28(18,19)20;;;/h6-10,12-14H,2-5H2,1H3,(H2,15,16,17)(H2,18,19,20)(H2,21,22,23);;;/q;3*+1/p-3/t6-,7-,8+,9-,10+,11+;;;/m0.../s1. The van der Waals surface area contributed by atoms with Gasteiger partial charge in [0.05, 0.1) is 0 Å². The van der Waals surface area contributed by atoms with E-state index < -0.39 is 66.0 Å². The van der Waals surface area contributed by atoms with Gasteiger partial charge in [-0.05, 0) is 6.42 Å². The quantitative estimate of drug-likeness (QED) is 0.0828. The van der Waals surface area contributed by atoms with Gasteiger partial charge >= 0.3 is 88.7 Å². The smallest absolute Gasteiger partial charge is 0.756 e. The largest absolute Gasteiger partial charge is 1.00 e. The summed E-state index contributed by atoms with van der Waals surface area (Å²) in [4.78, 5) is 60.5. The van der Waals surface area contributed by atoms with Crippen molar-refractivity contribution in [2.24, 2.45) is 0 Å². The van der Waals surface area contributed by atoms with Gasteiger partial charge < -0.3 is 58.3 Å². The number of rotatable bonds is 10. The van der Waals surface area contributed by atoms with Crippen LogP contribution in [0.1, 0.15) is 32.6 Å². The molecule has 0 saturated heterocycles. The Hall–Kier alpha value is 3.21. The maximum atomic E-state index is 11.4. The van der Waals surface area contributed by atoms with Gasteiger partial charge in [0.15, 0.2) is 0 Å². The molecule has 32 heavy (non-hydrogen) atoms. The molecular formula is C11H22Na3O15P3. The van der Waals surface area contributed by atoms with E-state index in [-0.39, 0.29) is 95.1 Å². The van der Waals surface area contributed by atoms with Crippen LogP contribution in [0, 0.1) is 0 Å². The Bertz CT molecular complexity index is 697. The summed E-state index contributed by atoms with van der Waals surface area (Å²) in [6.45, 7) is 1.71. The average molecular weight is 556 g/mol. The molecule has 6 N–H and O–H groups in total. The summed E-state index contributed by atoms with van der Waals surface area (Å²) in [5.41, 5.74) is -2.88. The molecule has 0 aromatic rings. The molecule has 15 nitrogen and oxygen atoms in total. The predicted molar refractivity (Wildman–Crippen MR) is 85.2 cm³/mol. The maximum absolute atomic E-state index is 11.4. The van der Waals surface area contributed by atoms with Gasteiger partial charge in [0, 0.05) is 0 Å². The van der Waals surface area contributed by atoms with Crippen molar-refractivity contribution in [2.45, 2.75) is 68.7 Å². The molecule has 21 heteroatoms. The molecule has 0 amide bonds. The molecule has 1 fully saturated rings. The number of aliphatic hydroxyl groups excluding tert-OH is 3. The van der Waals surface area contributed by atoms with Crippen molar-refractivity contribution in [3.05, 3.63) is 0 Å². The molecule has 0 aromatic carbocycles. The number of phosphoric acid groups is 3. The fourth-order valence-electron chi connectivity index (χ4n) is 3.18. The maximum Gasteiger partial charge on any atom is 1.00 e. The van der Waals surface area contributed by atoms with E-state index in [2.05, 4.69) is 13.6 Å². The van der Waals surface area contributed by atoms with E-state index in [0.717, 1.165) is 0 Å². The summed E-state index contributed by atoms with van der Waals surface area (Å²) < 4.78 is 46.3. The zero-order chi connectivity index (χ0) is 22.8. The normalized spacial score (nSPS) is 35.6. The Morgan fingerprint density at radius 1 is 0.812 bits per heavy atom. The number of hydrogen-bond donors (Lipinski definition) is 6. The van der Waals surface area contributed by atoms with Gasteiger partial charge in [-0.1, -0.05) is 26.2 Å². The molecule has 1 saturated carbocycles. The SMILES string of the molecule is CCCCC[C@]1(OP(=O)([O-])O)[C@H](OP(=O)([O-])O)[C@@H](O)[C@H](OP(=O)([O-])O)[C@H](O)[C@@H]1O.[Na+].[Na+].[Na+]. The fourth-order valence-corrected chi connectivity index (χ4v) is 5.06. The minimum absolute atomic E-state index is 0.